The second-order valence-corrected chi connectivity index (χ2v) is 11.4. The van der Waals surface area contributed by atoms with Crippen molar-refractivity contribution in [3.05, 3.63) is 114 Å². The Kier molecular flexibility index (Phi) is 11.5. The first kappa shape index (κ1) is 33.0. The third-order valence-electron chi connectivity index (χ3n) is 6.53. The van der Waals surface area contributed by atoms with Gasteiger partial charge in [-0.3, -0.25) is 9.69 Å². The van der Waals surface area contributed by atoms with Crippen molar-refractivity contribution in [1.29, 1.82) is 0 Å². The van der Waals surface area contributed by atoms with Crippen LogP contribution in [0, 0.1) is 0 Å². The van der Waals surface area contributed by atoms with Crippen LogP contribution in [-0.2, 0) is 11.2 Å². The maximum Gasteiger partial charge on any atom is 0.410 e. The normalized spacial score (nSPS) is 12.5. The molecule has 236 valence electrons. The largest absolute Gasteiger partial charge is 0.491 e. The number of benzene rings is 3. The predicted octanol–water partition coefficient (Wildman–Crippen LogP) is 5.71. The maximum absolute atomic E-state index is 13.2. The van der Waals surface area contributed by atoms with Crippen LogP contribution in [0.4, 0.5) is 10.5 Å². The molecule has 3 N–H and O–H groups in total. The Balaban J connectivity index is 1.42. The fourth-order valence-corrected chi connectivity index (χ4v) is 4.40. The van der Waals surface area contributed by atoms with E-state index in [1.54, 1.807) is 87.6 Å². The summed E-state index contributed by atoms with van der Waals surface area (Å²) >= 11 is 0. The first-order valence-electron chi connectivity index (χ1n) is 14.7. The SMILES string of the molecule is CC(C)(C)OC(=O)N(C[C@H](O)COc1ccccc1)[C@H](CO)Cc1ccc(NC(=O)c2cccnc2Oc2ccccc2)cc1. The van der Waals surface area contributed by atoms with Gasteiger partial charge in [-0.25, -0.2) is 9.78 Å². The first-order chi connectivity index (χ1) is 21.6. The molecule has 3 aromatic carbocycles. The number of hydrogen-bond donors (Lipinski definition) is 3. The van der Waals surface area contributed by atoms with Gasteiger partial charge in [-0.15, -0.1) is 0 Å². The summed E-state index contributed by atoms with van der Waals surface area (Å²) in [6.07, 6.45) is 0.132. The number of anilines is 1. The summed E-state index contributed by atoms with van der Waals surface area (Å²) in [4.78, 5) is 31.8. The fraction of sp³-hybridized carbons (Fsp3) is 0.286. The van der Waals surface area contributed by atoms with Crippen LogP contribution in [0.3, 0.4) is 0 Å². The van der Waals surface area contributed by atoms with Gasteiger partial charge in [0.2, 0.25) is 5.88 Å². The van der Waals surface area contributed by atoms with E-state index in [0.717, 1.165) is 5.56 Å². The zero-order valence-electron chi connectivity index (χ0n) is 25.6. The maximum atomic E-state index is 13.2. The molecule has 0 unspecified atom stereocenters. The van der Waals surface area contributed by atoms with Gasteiger partial charge in [0.05, 0.1) is 19.2 Å². The summed E-state index contributed by atoms with van der Waals surface area (Å²) in [6, 6.07) is 27.8. The minimum Gasteiger partial charge on any atom is -0.491 e. The monoisotopic (exact) mass is 613 g/mol. The molecule has 1 aromatic heterocycles. The van der Waals surface area contributed by atoms with Crippen LogP contribution in [0.1, 0.15) is 36.7 Å². The minimum atomic E-state index is -1.03. The molecule has 2 atom stereocenters. The highest BCUT2D eigenvalue weighted by atomic mass is 16.6. The number of aliphatic hydroxyl groups excluding tert-OH is 2. The Morgan fingerprint density at radius 1 is 0.889 bits per heavy atom. The summed E-state index contributed by atoms with van der Waals surface area (Å²) in [6.45, 7) is 4.73. The number of rotatable bonds is 13. The Labute approximate surface area is 263 Å². The Hall–Kier alpha value is -4.93. The molecule has 0 aliphatic carbocycles. The summed E-state index contributed by atoms with van der Waals surface area (Å²) < 4.78 is 17.1. The number of ether oxygens (including phenoxy) is 3. The van der Waals surface area contributed by atoms with E-state index in [2.05, 4.69) is 10.3 Å². The van der Waals surface area contributed by atoms with E-state index in [1.807, 2.05) is 36.4 Å². The standard InChI is InChI=1S/C35H39N3O7/c1-35(2,3)45-34(42)38(22-28(40)24-43-29-11-6-4-7-12-29)27(23-39)21-25-16-18-26(19-17-25)37-32(41)31-15-10-20-36-33(31)44-30-13-8-5-9-14-30/h4-20,27-28,39-40H,21-24H2,1-3H3,(H,37,41)/t27-,28-/m0/s1. The van der Waals surface area contributed by atoms with Crippen LogP contribution in [-0.4, -0.2) is 69.6 Å². The number of nitrogens with zero attached hydrogens (tertiary/aromatic N) is 2. The van der Waals surface area contributed by atoms with Gasteiger partial charge in [0.15, 0.2) is 0 Å². The molecule has 45 heavy (non-hydrogen) atoms. The number of nitrogens with one attached hydrogen (secondary N) is 1. The topological polar surface area (TPSA) is 130 Å². The fourth-order valence-electron chi connectivity index (χ4n) is 4.40. The van der Waals surface area contributed by atoms with E-state index in [9.17, 15) is 19.8 Å². The summed E-state index contributed by atoms with van der Waals surface area (Å²) in [5, 5.41) is 23.9. The first-order valence-corrected chi connectivity index (χ1v) is 14.7. The van der Waals surface area contributed by atoms with E-state index >= 15 is 0 Å². The highest BCUT2D eigenvalue weighted by molar-refractivity contribution is 6.05. The number of amides is 2. The molecule has 0 bridgehead atoms. The van der Waals surface area contributed by atoms with Crippen LogP contribution in [0.25, 0.3) is 0 Å². The number of aliphatic hydroxyl groups is 2. The van der Waals surface area contributed by atoms with Crippen LogP contribution in [0.15, 0.2) is 103 Å². The van der Waals surface area contributed by atoms with Gasteiger partial charge in [0.25, 0.3) is 5.91 Å². The third kappa shape index (κ3) is 10.3. The van der Waals surface area contributed by atoms with Gasteiger partial charge in [0.1, 0.15) is 35.4 Å². The van der Waals surface area contributed by atoms with Crippen LogP contribution in [0.2, 0.25) is 0 Å². The molecule has 0 saturated carbocycles. The molecule has 4 rings (SSSR count). The Bertz CT molecular complexity index is 1510. The van der Waals surface area contributed by atoms with E-state index in [-0.39, 0.29) is 37.6 Å². The molecule has 4 aromatic rings. The number of hydrogen-bond acceptors (Lipinski definition) is 8. The van der Waals surface area contributed by atoms with Crippen molar-refractivity contribution in [2.24, 2.45) is 0 Å². The van der Waals surface area contributed by atoms with Gasteiger partial charge in [-0.05, 0) is 81.3 Å². The Morgan fingerprint density at radius 2 is 1.53 bits per heavy atom. The smallest absolute Gasteiger partial charge is 0.410 e. The van der Waals surface area contributed by atoms with Gasteiger partial charge in [-0.1, -0.05) is 48.5 Å². The summed E-state index contributed by atoms with van der Waals surface area (Å²) in [7, 11) is 0. The van der Waals surface area contributed by atoms with Crippen molar-refractivity contribution in [3.8, 4) is 17.4 Å². The van der Waals surface area contributed by atoms with E-state index in [4.69, 9.17) is 14.2 Å². The number of carbonyl (C=O) groups is 2. The quantitative estimate of drug-likeness (QED) is 0.175. The Morgan fingerprint density at radius 3 is 2.16 bits per heavy atom. The molecule has 0 saturated heterocycles. The number of carbonyl (C=O) groups excluding carboxylic acids is 2. The molecule has 2 amide bonds. The lowest BCUT2D eigenvalue weighted by atomic mass is 10.0. The van der Waals surface area contributed by atoms with E-state index < -0.39 is 29.7 Å². The highest BCUT2D eigenvalue weighted by Crippen LogP contribution is 2.24. The van der Waals surface area contributed by atoms with Crippen molar-refractivity contribution in [2.45, 2.75) is 44.9 Å². The zero-order valence-corrected chi connectivity index (χ0v) is 25.6. The van der Waals surface area contributed by atoms with Crippen LogP contribution < -0.4 is 14.8 Å². The molecular weight excluding hydrogens is 574 g/mol. The summed E-state index contributed by atoms with van der Waals surface area (Å²) in [5.41, 5.74) is 0.830. The van der Waals surface area contributed by atoms with Crippen LogP contribution in [0.5, 0.6) is 17.4 Å². The molecular formula is C35H39N3O7. The van der Waals surface area contributed by atoms with Crippen molar-refractivity contribution in [3.63, 3.8) is 0 Å². The van der Waals surface area contributed by atoms with Gasteiger partial charge in [0, 0.05) is 11.9 Å². The average Bonchev–Trinajstić information content (AvgIpc) is 3.03. The van der Waals surface area contributed by atoms with Crippen LogP contribution >= 0.6 is 0 Å². The zero-order chi connectivity index (χ0) is 32.2. The predicted molar refractivity (Wildman–Crippen MR) is 171 cm³/mol. The molecule has 10 heteroatoms. The molecule has 0 aliphatic rings. The van der Waals surface area contributed by atoms with Crippen molar-refractivity contribution < 1.29 is 34.0 Å². The lowest BCUT2D eigenvalue weighted by Gasteiger charge is -2.34. The molecule has 0 fully saturated rings. The molecule has 0 radical (unpaired) electrons. The number of para-hydroxylation sites is 2. The van der Waals surface area contributed by atoms with E-state index in [0.29, 0.717) is 17.2 Å². The lowest BCUT2D eigenvalue weighted by Crippen LogP contribution is -2.50. The number of pyridine rings is 1. The van der Waals surface area contributed by atoms with Crippen molar-refractivity contribution >= 4 is 17.7 Å². The lowest BCUT2D eigenvalue weighted by molar-refractivity contribution is -0.00891. The molecule has 10 nitrogen and oxygen atoms in total. The van der Waals surface area contributed by atoms with Crippen molar-refractivity contribution in [2.75, 3.05) is 25.1 Å². The second kappa shape index (κ2) is 15.7. The molecule has 0 spiro atoms. The number of aromatic nitrogens is 1. The third-order valence-corrected chi connectivity index (χ3v) is 6.53. The summed E-state index contributed by atoms with van der Waals surface area (Å²) in [5.74, 6) is 0.944. The van der Waals surface area contributed by atoms with Gasteiger partial charge < -0.3 is 29.7 Å². The van der Waals surface area contributed by atoms with Gasteiger partial charge >= 0.3 is 6.09 Å². The molecule has 1 heterocycles. The van der Waals surface area contributed by atoms with Gasteiger partial charge in [-0.2, -0.15) is 0 Å². The second-order valence-electron chi connectivity index (χ2n) is 11.4. The van der Waals surface area contributed by atoms with Crippen molar-refractivity contribution in [1.82, 2.24) is 9.88 Å². The average molecular weight is 614 g/mol. The minimum absolute atomic E-state index is 0.0507. The highest BCUT2D eigenvalue weighted by Gasteiger charge is 2.30. The van der Waals surface area contributed by atoms with E-state index in [1.165, 1.54) is 4.90 Å². The molecule has 0 aliphatic heterocycles.